The topological polar surface area (TPSA) is 66.8 Å². The summed E-state index contributed by atoms with van der Waals surface area (Å²) in [5, 5.41) is 22.0. The highest BCUT2D eigenvalue weighted by molar-refractivity contribution is 6.04. The maximum absolute atomic E-state index is 12.5. The minimum atomic E-state index is -0.580. The Morgan fingerprint density at radius 3 is 2.33 bits per heavy atom. The predicted molar refractivity (Wildman–Crippen MR) is 105 cm³/mol. The van der Waals surface area contributed by atoms with Crippen LogP contribution in [0.25, 0.3) is 21.9 Å². The molecule has 0 spiro atoms. The number of phenols is 2. The van der Waals surface area contributed by atoms with Crippen molar-refractivity contribution in [3.63, 3.8) is 0 Å². The van der Waals surface area contributed by atoms with Gasteiger partial charge in [0.05, 0.1) is 0 Å². The second-order valence-corrected chi connectivity index (χ2v) is 7.08. The summed E-state index contributed by atoms with van der Waals surface area (Å²) in [6.07, 6.45) is 4.87. The first-order valence-corrected chi connectivity index (χ1v) is 9.38. The van der Waals surface area contributed by atoms with E-state index in [0.29, 0.717) is 10.8 Å². The molecule has 0 bridgehead atoms. The van der Waals surface area contributed by atoms with E-state index in [2.05, 4.69) is 0 Å². The van der Waals surface area contributed by atoms with Crippen LogP contribution in [0.1, 0.15) is 42.5 Å². The lowest BCUT2D eigenvalue weighted by molar-refractivity contribution is 0.0208. The molecular weight excluding hydrogens is 340 g/mol. The Kier molecular flexibility index (Phi) is 4.71. The molecule has 2 N–H and O–H groups in total. The summed E-state index contributed by atoms with van der Waals surface area (Å²) in [7, 11) is 0. The number of hydrogen-bond acceptors (Lipinski definition) is 4. The van der Waals surface area contributed by atoms with Crippen LogP contribution in [-0.4, -0.2) is 22.3 Å². The molecule has 3 aromatic rings. The van der Waals surface area contributed by atoms with Gasteiger partial charge >= 0.3 is 5.97 Å². The Hall–Kier alpha value is -3.01. The van der Waals surface area contributed by atoms with Gasteiger partial charge in [0.15, 0.2) is 0 Å². The fraction of sp³-hybridized carbons (Fsp3) is 0.261. The lowest BCUT2D eigenvalue weighted by Gasteiger charge is -2.22. The second-order valence-electron chi connectivity index (χ2n) is 7.08. The van der Waals surface area contributed by atoms with E-state index < -0.39 is 5.97 Å². The maximum Gasteiger partial charge on any atom is 0.342 e. The van der Waals surface area contributed by atoms with Gasteiger partial charge < -0.3 is 14.9 Å². The molecule has 1 aliphatic carbocycles. The average molecular weight is 362 g/mol. The van der Waals surface area contributed by atoms with Crippen molar-refractivity contribution in [2.24, 2.45) is 0 Å². The SMILES string of the molecule is O=C(OC1CCCCC1)c1cc(O)c2cc(-c3ccccc3)ccc2c1O. The molecule has 138 valence electrons. The van der Waals surface area contributed by atoms with Crippen molar-refractivity contribution in [2.45, 2.75) is 38.2 Å². The summed E-state index contributed by atoms with van der Waals surface area (Å²) in [5.41, 5.74) is 1.95. The first-order chi connectivity index (χ1) is 13.1. The highest BCUT2D eigenvalue weighted by Gasteiger charge is 2.23. The first-order valence-electron chi connectivity index (χ1n) is 9.38. The Balaban J connectivity index is 1.69. The van der Waals surface area contributed by atoms with Gasteiger partial charge in [0, 0.05) is 10.8 Å². The molecule has 0 saturated heterocycles. The lowest BCUT2D eigenvalue weighted by Crippen LogP contribution is -2.21. The Morgan fingerprint density at radius 2 is 1.59 bits per heavy atom. The fourth-order valence-electron chi connectivity index (χ4n) is 3.75. The summed E-state index contributed by atoms with van der Waals surface area (Å²) in [6.45, 7) is 0. The molecular formula is C23H22O4. The monoisotopic (exact) mass is 362 g/mol. The Bertz CT molecular complexity index is 973. The molecule has 0 radical (unpaired) electrons. The summed E-state index contributed by atoms with van der Waals surface area (Å²) >= 11 is 0. The van der Waals surface area contributed by atoms with E-state index in [1.165, 1.54) is 12.5 Å². The number of ether oxygens (including phenoxy) is 1. The highest BCUT2D eigenvalue weighted by Crippen LogP contribution is 2.38. The molecule has 4 nitrogen and oxygen atoms in total. The number of benzene rings is 3. The number of carbonyl (C=O) groups excluding carboxylic acids is 1. The maximum atomic E-state index is 12.5. The van der Waals surface area contributed by atoms with Gasteiger partial charge in [-0.05, 0) is 55.0 Å². The van der Waals surface area contributed by atoms with E-state index in [9.17, 15) is 15.0 Å². The van der Waals surface area contributed by atoms with Crippen molar-refractivity contribution in [3.05, 3.63) is 60.2 Å². The van der Waals surface area contributed by atoms with Crippen LogP contribution in [-0.2, 0) is 4.74 Å². The van der Waals surface area contributed by atoms with Crippen molar-refractivity contribution >= 4 is 16.7 Å². The average Bonchev–Trinajstić information content (AvgIpc) is 2.71. The summed E-state index contributed by atoms with van der Waals surface area (Å²) < 4.78 is 5.55. The zero-order valence-corrected chi connectivity index (χ0v) is 15.0. The zero-order valence-electron chi connectivity index (χ0n) is 15.0. The van der Waals surface area contributed by atoms with Crippen molar-refractivity contribution in [2.75, 3.05) is 0 Å². The normalized spacial score (nSPS) is 15.0. The van der Waals surface area contributed by atoms with Crippen LogP contribution in [0.2, 0.25) is 0 Å². The van der Waals surface area contributed by atoms with Gasteiger partial charge in [0.2, 0.25) is 0 Å². The molecule has 27 heavy (non-hydrogen) atoms. The van der Waals surface area contributed by atoms with Crippen LogP contribution in [0, 0.1) is 0 Å². The van der Waals surface area contributed by atoms with E-state index >= 15 is 0 Å². The van der Waals surface area contributed by atoms with Gasteiger partial charge in [-0.15, -0.1) is 0 Å². The molecule has 1 saturated carbocycles. The molecule has 0 atom stereocenters. The van der Waals surface area contributed by atoms with Gasteiger partial charge in [-0.1, -0.05) is 42.8 Å². The molecule has 4 rings (SSSR count). The first kappa shape index (κ1) is 17.4. The van der Waals surface area contributed by atoms with E-state index in [-0.39, 0.29) is 23.2 Å². The Morgan fingerprint density at radius 1 is 0.852 bits per heavy atom. The van der Waals surface area contributed by atoms with Crippen LogP contribution in [0.3, 0.4) is 0 Å². The van der Waals surface area contributed by atoms with Crippen molar-refractivity contribution < 1.29 is 19.7 Å². The number of hydrogen-bond donors (Lipinski definition) is 2. The zero-order chi connectivity index (χ0) is 18.8. The second kappa shape index (κ2) is 7.31. The summed E-state index contributed by atoms with van der Waals surface area (Å²) in [4.78, 5) is 12.5. The highest BCUT2D eigenvalue weighted by atomic mass is 16.5. The van der Waals surface area contributed by atoms with Gasteiger partial charge in [-0.3, -0.25) is 0 Å². The molecule has 0 amide bonds. The number of esters is 1. The van der Waals surface area contributed by atoms with Crippen LogP contribution < -0.4 is 0 Å². The fourth-order valence-corrected chi connectivity index (χ4v) is 3.75. The number of rotatable bonds is 3. The molecule has 0 heterocycles. The molecule has 1 fully saturated rings. The summed E-state index contributed by atoms with van der Waals surface area (Å²) in [5.74, 6) is -0.775. The number of carbonyl (C=O) groups is 1. The molecule has 4 heteroatoms. The van der Waals surface area contributed by atoms with Gasteiger partial charge in [-0.2, -0.15) is 0 Å². The quantitative estimate of drug-likeness (QED) is 0.483. The smallest absolute Gasteiger partial charge is 0.342 e. The largest absolute Gasteiger partial charge is 0.507 e. The third-order valence-corrected chi connectivity index (χ3v) is 5.24. The summed E-state index contributed by atoms with van der Waals surface area (Å²) in [6, 6.07) is 16.5. The number of phenolic OH excluding ortho intramolecular Hbond substituents is 2. The molecule has 1 aliphatic rings. The van der Waals surface area contributed by atoms with Gasteiger partial charge in [0.1, 0.15) is 23.2 Å². The van der Waals surface area contributed by atoms with Crippen LogP contribution in [0.4, 0.5) is 0 Å². The minimum absolute atomic E-state index is 0.0121. The third-order valence-electron chi connectivity index (χ3n) is 5.24. The van der Waals surface area contributed by atoms with Crippen LogP contribution in [0.15, 0.2) is 54.6 Å². The Labute approximate surface area is 158 Å². The third kappa shape index (κ3) is 3.47. The molecule has 3 aromatic carbocycles. The van der Waals surface area contributed by atoms with E-state index in [1.54, 1.807) is 6.07 Å². The van der Waals surface area contributed by atoms with E-state index in [4.69, 9.17) is 4.74 Å². The van der Waals surface area contributed by atoms with Crippen LogP contribution >= 0.6 is 0 Å². The number of aromatic hydroxyl groups is 2. The van der Waals surface area contributed by atoms with Crippen molar-refractivity contribution in [3.8, 4) is 22.6 Å². The van der Waals surface area contributed by atoms with Gasteiger partial charge in [0.25, 0.3) is 0 Å². The van der Waals surface area contributed by atoms with Crippen molar-refractivity contribution in [1.82, 2.24) is 0 Å². The molecule has 0 aliphatic heterocycles. The lowest BCUT2D eigenvalue weighted by atomic mass is 9.97. The van der Waals surface area contributed by atoms with Crippen molar-refractivity contribution in [1.29, 1.82) is 0 Å². The standard InChI is InChI=1S/C23H22O4/c24-21-14-20(23(26)27-17-9-5-2-6-10-17)22(25)18-12-11-16(13-19(18)21)15-7-3-1-4-8-15/h1,3-4,7-8,11-14,17,24-25H,2,5-6,9-10H2. The minimum Gasteiger partial charge on any atom is -0.507 e. The van der Waals surface area contributed by atoms with E-state index in [0.717, 1.165) is 36.8 Å². The van der Waals surface area contributed by atoms with Crippen LogP contribution in [0.5, 0.6) is 11.5 Å². The number of fused-ring (bicyclic) bond motifs is 1. The molecule has 0 aromatic heterocycles. The predicted octanol–water partition coefficient (Wildman–Crippen LogP) is 5.41. The molecule has 0 unspecified atom stereocenters. The van der Waals surface area contributed by atoms with E-state index in [1.807, 2.05) is 42.5 Å². The van der Waals surface area contributed by atoms with Gasteiger partial charge in [-0.25, -0.2) is 4.79 Å².